The van der Waals surface area contributed by atoms with Gasteiger partial charge in [0, 0.05) is 20.3 Å². The molecule has 0 aliphatic rings. The molecule has 0 radical (unpaired) electrons. The number of amides is 1. The van der Waals surface area contributed by atoms with Crippen LogP contribution in [0.1, 0.15) is 21.6 Å². The van der Waals surface area contributed by atoms with Crippen LogP contribution in [-0.2, 0) is 6.54 Å². The largest absolute Gasteiger partial charge is 0.504 e. The zero-order chi connectivity index (χ0) is 16.3. The Bertz CT molecular complexity index is 699. The standard InChI is InChI=1S/C16H19N3O3/c1-10-6-7-11(15(21)14(10)20)16(22)18-9-12-13(19(2)3)5-4-8-17-12/h4-8,20-21H,9H2,1-3H3,(H,18,22). The van der Waals surface area contributed by atoms with Gasteiger partial charge in [0.1, 0.15) is 0 Å². The number of aromatic hydroxyl groups is 2. The highest BCUT2D eigenvalue weighted by molar-refractivity contribution is 5.97. The van der Waals surface area contributed by atoms with Crippen LogP contribution in [0.3, 0.4) is 0 Å². The van der Waals surface area contributed by atoms with Gasteiger partial charge in [0.2, 0.25) is 0 Å². The van der Waals surface area contributed by atoms with Crippen molar-refractivity contribution in [2.24, 2.45) is 0 Å². The molecule has 0 saturated heterocycles. The number of phenols is 2. The third kappa shape index (κ3) is 3.11. The normalized spacial score (nSPS) is 10.3. The Balaban J connectivity index is 2.16. The monoisotopic (exact) mass is 301 g/mol. The van der Waals surface area contributed by atoms with E-state index in [-0.39, 0.29) is 17.9 Å². The zero-order valence-electron chi connectivity index (χ0n) is 12.8. The summed E-state index contributed by atoms with van der Waals surface area (Å²) in [6.45, 7) is 1.87. The van der Waals surface area contributed by atoms with Crippen LogP contribution < -0.4 is 10.2 Å². The molecule has 0 aliphatic carbocycles. The summed E-state index contributed by atoms with van der Waals surface area (Å²) in [5.41, 5.74) is 2.16. The highest BCUT2D eigenvalue weighted by Gasteiger charge is 2.16. The van der Waals surface area contributed by atoms with Gasteiger partial charge in [-0.2, -0.15) is 0 Å². The molecule has 6 nitrogen and oxygen atoms in total. The third-order valence-corrected chi connectivity index (χ3v) is 3.36. The highest BCUT2D eigenvalue weighted by atomic mass is 16.3. The van der Waals surface area contributed by atoms with Gasteiger partial charge in [-0.1, -0.05) is 6.07 Å². The Morgan fingerprint density at radius 3 is 2.64 bits per heavy atom. The van der Waals surface area contributed by atoms with Gasteiger partial charge in [0.25, 0.3) is 5.91 Å². The average Bonchev–Trinajstić information content (AvgIpc) is 2.50. The topological polar surface area (TPSA) is 85.7 Å². The summed E-state index contributed by atoms with van der Waals surface area (Å²) in [6, 6.07) is 6.79. The number of aryl methyl sites for hydroxylation is 1. The molecule has 0 aliphatic heterocycles. The van der Waals surface area contributed by atoms with Crippen LogP contribution in [-0.4, -0.2) is 35.2 Å². The minimum absolute atomic E-state index is 0.0328. The van der Waals surface area contributed by atoms with Crippen LogP contribution in [0.2, 0.25) is 0 Å². The third-order valence-electron chi connectivity index (χ3n) is 3.36. The number of benzene rings is 1. The first-order valence-corrected chi connectivity index (χ1v) is 6.82. The van der Waals surface area contributed by atoms with Crippen molar-refractivity contribution in [2.45, 2.75) is 13.5 Å². The van der Waals surface area contributed by atoms with Crippen LogP contribution in [0.15, 0.2) is 30.5 Å². The van der Waals surface area contributed by atoms with Crippen LogP contribution in [0.25, 0.3) is 0 Å². The van der Waals surface area contributed by atoms with Gasteiger partial charge in [0.05, 0.1) is 23.5 Å². The molecule has 0 bridgehead atoms. The van der Waals surface area contributed by atoms with E-state index in [2.05, 4.69) is 10.3 Å². The van der Waals surface area contributed by atoms with Crippen LogP contribution in [0, 0.1) is 6.92 Å². The fourth-order valence-corrected chi connectivity index (χ4v) is 2.10. The van der Waals surface area contributed by atoms with Gasteiger partial charge in [0.15, 0.2) is 11.5 Å². The molecule has 1 amide bonds. The van der Waals surface area contributed by atoms with Crippen LogP contribution >= 0.6 is 0 Å². The van der Waals surface area contributed by atoms with Crippen LogP contribution in [0.4, 0.5) is 5.69 Å². The van der Waals surface area contributed by atoms with Crippen molar-refractivity contribution in [1.29, 1.82) is 0 Å². The molecule has 0 spiro atoms. The van der Waals surface area contributed by atoms with Gasteiger partial charge in [-0.3, -0.25) is 9.78 Å². The maximum absolute atomic E-state index is 12.2. The maximum Gasteiger partial charge on any atom is 0.255 e. The van der Waals surface area contributed by atoms with Crippen molar-refractivity contribution >= 4 is 11.6 Å². The SMILES string of the molecule is Cc1ccc(C(=O)NCc2ncccc2N(C)C)c(O)c1O. The number of carbonyl (C=O) groups is 1. The fraction of sp³-hybridized carbons (Fsp3) is 0.250. The second-order valence-electron chi connectivity index (χ2n) is 5.17. The Hall–Kier alpha value is -2.76. The first kappa shape index (κ1) is 15.6. The molecule has 6 heteroatoms. The van der Waals surface area contributed by atoms with E-state index in [4.69, 9.17) is 0 Å². The van der Waals surface area contributed by atoms with E-state index in [1.54, 1.807) is 19.2 Å². The Morgan fingerprint density at radius 2 is 1.95 bits per heavy atom. The lowest BCUT2D eigenvalue weighted by atomic mass is 10.1. The van der Waals surface area contributed by atoms with E-state index >= 15 is 0 Å². The Labute approximate surface area is 129 Å². The summed E-state index contributed by atoms with van der Waals surface area (Å²) in [5.74, 6) is -1.16. The highest BCUT2D eigenvalue weighted by Crippen LogP contribution is 2.31. The lowest BCUT2D eigenvalue weighted by molar-refractivity contribution is 0.0947. The second kappa shape index (κ2) is 6.34. The minimum Gasteiger partial charge on any atom is -0.504 e. The number of anilines is 1. The quantitative estimate of drug-likeness (QED) is 0.750. The number of carbonyl (C=O) groups excluding carboxylic acids is 1. The first-order chi connectivity index (χ1) is 10.4. The number of hydrogen-bond donors (Lipinski definition) is 3. The minimum atomic E-state index is -0.469. The van der Waals surface area contributed by atoms with Gasteiger partial charge >= 0.3 is 0 Å². The number of aromatic nitrogens is 1. The Kier molecular flexibility index (Phi) is 4.50. The molecule has 0 saturated carbocycles. The zero-order valence-corrected chi connectivity index (χ0v) is 12.8. The van der Waals surface area contributed by atoms with Crippen molar-refractivity contribution < 1.29 is 15.0 Å². The summed E-state index contributed by atoms with van der Waals surface area (Å²) in [7, 11) is 3.79. The van der Waals surface area contributed by atoms with E-state index < -0.39 is 11.7 Å². The molecule has 2 aromatic rings. The van der Waals surface area contributed by atoms with Crippen molar-refractivity contribution in [3.8, 4) is 11.5 Å². The number of phenolic OH excluding ortho intramolecular Hbond substituents is 2. The lowest BCUT2D eigenvalue weighted by Crippen LogP contribution is -2.25. The molecule has 3 N–H and O–H groups in total. The molecule has 116 valence electrons. The summed E-state index contributed by atoms with van der Waals surface area (Å²) >= 11 is 0. The average molecular weight is 301 g/mol. The molecule has 0 atom stereocenters. The molecule has 1 aromatic heterocycles. The molecule has 1 aromatic carbocycles. The molecule has 1 heterocycles. The van der Waals surface area contributed by atoms with Crippen molar-refractivity contribution in [3.05, 3.63) is 47.3 Å². The number of hydrogen-bond acceptors (Lipinski definition) is 5. The van der Waals surface area contributed by atoms with E-state index in [0.29, 0.717) is 5.56 Å². The van der Waals surface area contributed by atoms with Crippen molar-refractivity contribution in [3.63, 3.8) is 0 Å². The molecule has 22 heavy (non-hydrogen) atoms. The van der Waals surface area contributed by atoms with E-state index in [1.165, 1.54) is 6.07 Å². The number of nitrogens with one attached hydrogen (secondary N) is 1. The van der Waals surface area contributed by atoms with E-state index in [1.807, 2.05) is 31.1 Å². The smallest absolute Gasteiger partial charge is 0.255 e. The molecule has 0 fully saturated rings. The second-order valence-corrected chi connectivity index (χ2v) is 5.17. The predicted octanol–water partition coefficient (Wildman–Crippen LogP) is 1.80. The van der Waals surface area contributed by atoms with Crippen LogP contribution in [0.5, 0.6) is 11.5 Å². The molecule has 0 unspecified atom stereocenters. The number of rotatable bonds is 4. The number of nitrogens with zero attached hydrogens (tertiary/aromatic N) is 2. The van der Waals surface area contributed by atoms with Gasteiger partial charge in [-0.05, 0) is 30.7 Å². The van der Waals surface area contributed by atoms with Crippen molar-refractivity contribution in [1.82, 2.24) is 10.3 Å². The maximum atomic E-state index is 12.2. The summed E-state index contributed by atoms with van der Waals surface area (Å²) in [6.07, 6.45) is 1.66. The summed E-state index contributed by atoms with van der Waals surface area (Å²) < 4.78 is 0. The molecule has 2 rings (SSSR count). The Morgan fingerprint density at radius 1 is 1.23 bits per heavy atom. The fourth-order valence-electron chi connectivity index (χ4n) is 2.10. The molecular formula is C16H19N3O3. The first-order valence-electron chi connectivity index (χ1n) is 6.82. The number of pyridine rings is 1. The van der Waals surface area contributed by atoms with Gasteiger partial charge in [-0.25, -0.2) is 0 Å². The van der Waals surface area contributed by atoms with E-state index in [0.717, 1.165) is 11.4 Å². The van der Waals surface area contributed by atoms with Crippen molar-refractivity contribution in [2.75, 3.05) is 19.0 Å². The lowest BCUT2D eigenvalue weighted by Gasteiger charge is -2.16. The molecular weight excluding hydrogens is 282 g/mol. The van der Waals surface area contributed by atoms with Gasteiger partial charge < -0.3 is 20.4 Å². The van der Waals surface area contributed by atoms with E-state index in [9.17, 15) is 15.0 Å². The summed E-state index contributed by atoms with van der Waals surface area (Å²) in [4.78, 5) is 18.3. The predicted molar refractivity (Wildman–Crippen MR) is 84.2 cm³/mol. The summed E-state index contributed by atoms with van der Waals surface area (Å²) in [5, 5.41) is 22.2. The van der Waals surface area contributed by atoms with Gasteiger partial charge in [-0.15, -0.1) is 0 Å².